The molecule has 0 saturated carbocycles. The number of fused-ring (bicyclic) bond motifs is 1. The van der Waals surface area contributed by atoms with Crippen molar-refractivity contribution in [3.8, 4) is 5.75 Å². The molecule has 1 heterocycles. The lowest BCUT2D eigenvalue weighted by Gasteiger charge is -2.26. The minimum absolute atomic E-state index is 0.361. The molecule has 1 aromatic carbocycles. The maximum Gasteiger partial charge on any atom is 0.142 e. The molecule has 1 aromatic heterocycles. The standard InChI is InChI=1S/C17H23N3O/c1-3-9-20-10-15(19-11-20)13-5-4-6-14-12(13)7-8-16(21-2)17(14)18/h7-8,10-11,13H,3-6,9,18H2,1-2H3. The number of methoxy groups -OCH3 is 1. The van der Waals surface area contributed by atoms with Crippen molar-refractivity contribution in [1.29, 1.82) is 0 Å². The first kappa shape index (κ1) is 14.0. The number of aryl methyl sites for hydroxylation is 1. The summed E-state index contributed by atoms with van der Waals surface area (Å²) in [5, 5.41) is 0. The Morgan fingerprint density at radius 2 is 2.29 bits per heavy atom. The van der Waals surface area contributed by atoms with Crippen LogP contribution in [0.3, 0.4) is 0 Å². The lowest BCUT2D eigenvalue weighted by atomic mass is 9.80. The predicted octanol–water partition coefficient (Wildman–Crippen LogP) is 3.35. The molecular formula is C17H23N3O. The highest BCUT2D eigenvalue weighted by atomic mass is 16.5. The molecule has 4 nitrogen and oxygen atoms in total. The van der Waals surface area contributed by atoms with Crippen LogP contribution in [0.1, 0.15) is 48.9 Å². The maximum atomic E-state index is 6.26. The zero-order valence-electron chi connectivity index (χ0n) is 12.8. The molecule has 2 N–H and O–H groups in total. The van der Waals surface area contributed by atoms with Crippen molar-refractivity contribution in [3.05, 3.63) is 41.5 Å². The van der Waals surface area contributed by atoms with Crippen molar-refractivity contribution in [2.24, 2.45) is 0 Å². The second-order valence-electron chi connectivity index (χ2n) is 5.73. The summed E-state index contributed by atoms with van der Waals surface area (Å²) in [4.78, 5) is 4.62. The summed E-state index contributed by atoms with van der Waals surface area (Å²) in [6.45, 7) is 3.21. The minimum Gasteiger partial charge on any atom is -0.495 e. The second kappa shape index (κ2) is 5.80. The van der Waals surface area contributed by atoms with E-state index in [-0.39, 0.29) is 0 Å². The topological polar surface area (TPSA) is 53.1 Å². The van der Waals surface area contributed by atoms with Crippen LogP contribution in [0.5, 0.6) is 5.75 Å². The van der Waals surface area contributed by atoms with Crippen LogP contribution in [-0.2, 0) is 13.0 Å². The van der Waals surface area contributed by atoms with Crippen LogP contribution in [0, 0.1) is 0 Å². The molecule has 4 heteroatoms. The Hall–Kier alpha value is -1.97. The van der Waals surface area contributed by atoms with Gasteiger partial charge < -0.3 is 15.0 Å². The zero-order chi connectivity index (χ0) is 14.8. The number of nitrogen functional groups attached to an aromatic ring is 1. The Morgan fingerprint density at radius 3 is 3.05 bits per heavy atom. The van der Waals surface area contributed by atoms with E-state index in [0.717, 1.165) is 49.4 Å². The molecule has 0 spiro atoms. The Balaban J connectivity index is 1.98. The molecule has 0 amide bonds. The molecular weight excluding hydrogens is 262 g/mol. The number of aromatic nitrogens is 2. The van der Waals surface area contributed by atoms with E-state index in [1.807, 2.05) is 12.4 Å². The molecule has 2 aromatic rings. The highest BCUT2D eigenvalue weighted by Crippen LogP contribution is 2.41. The Kier molecular flexibility index (Phi) is 3.86. The van der Waals surface area contributed by atoms with Crippen molar-refractivity contribution in [2.45, 2.75) is 45.1 Å². The fourth-order valence-corrected chi connectivity index (χ4v) is 3.33. The van der Waals surface area contributed by atoms with E-state index in [0.29, 0.717) is 5.92 Å². The van der Waals surface area contributed by atoms with Gasteiger partial charge in [-0.3, -0.25) is 0 Å². The van der Waals surface area contributed by atoms with Gasteiger partial charge in [0.2, 0.25) is 0 Å². The fourth-order valence-electron chi connectivity index (χ4n) is 3.33. The summed E-state index contributed by atoms with van der Waals surface area (Å²) in [6.07, 6.45) is 8.58. The summed E-state index contributed by atoms with van der Waals surface area (Å²) in [6, 6.07) is 4.14. The van der Waals surface area contributed by atoms with Crippen LogP contribution in [0.25, 0.3) is 0 Å². The maximum absolute atomic E-state index is 6.26. The van der Waals surface area contributed by atoms with Crippen molar-refractivity contribution in [3.63, 3.8) is 0 Å². The third-order valence-corrected chi connectivity index (χ3v) is 4.36. The van der Waals surface area contributed by atoms with Gasteiger partial charge in [-0.2, -0.15) is 0 Å². The lowest BCUT2D eigenvalue weighted by molar-refractivity contribution is 0.415. The van der Waals surface area contributed by atoms with Crippen molar-refractivity contribution >= 4 is 5.69 Å². The number of nitrogens with two attached hydrogens (primary N) is 1. The number of nitrogens with zero attached hydrogens (tertiary/aromatic N) is 2. The zero-order valence-corrected chi connectivity index (χ0v) is 12.8. The van der Waals surface area contributed by atoms with Crippen LogP contribution < -0.4 is 10.5 Å². The van der Waals surface area contributed by atoms with E-state index in [2.05, 4.69) is 28.7 Å². The SMILES string of the molecule is CCCn1cnc(C2CCCc3c2ccc(OC)c3N)c1. The van der Waals surface area contributed by atoms with E-state index in [1.165, 1.54) is 11.1 Å². The molecule has 1 aliphatic rings. The van der Waals surface area contributed by atoms with Gasteiger partial charge in [-0.05, 0) is 42.9 Å². The average molecular weight is 285 g/mol. The van der Waals surface area contributed by atoms with Gasteiger partial charge >= 0.3 is 0 Å². The first-order valence-corrected chi connectivity index (χ1v) is 7.71. The number of hydrogen-bond donors (Lipinski definition) is 1. The summed E-state index contributed by atoms with van der Waals surface area (Å²) in [5.41, 5.74) is 10.8. The molecule has 1 atom stereocenters. The molecule has 1 unspecified atom stereocenters. The van der Waals surface area contributed by atoms with Crippen LogP contribution >= 0.6 is 0 Å². The van der Waals surface area contributed by atoms with Crippen molar-refractivity contribution in [2.75, 3.05) is 12.8 Å². The highest BCUT2D eigenvalue weighted by Gasteiger charge is 2.26. The van der Waals surface area contributed by atoms with E-state index >= 15 is 0 Å². The molecule has 1 aliphatic carbocycles. The molecule has 0 radical (unpaired) electrons. The van der Waals surface area contributed by atoms with E-state index in [9.17, 15) is 0 Å². The van der Waals surface area contributed by atoms with E-state index in [4.69, 9.17) is 10.5 Å². The predicted molar refractivity (Wildman–Crippen MR) is 84.7 cm³/mol. The largest absolute Gasteiger partial charge is 0.495 e. The molecule has 0 aliphatic heterocycles. The van der Waals surface area contributed by atoms with Crippen molar-refractivity contribution in [1.82, 2.24) is 9.55 Å². The lowest BCUT2D eigenvalue weighted by Crippen LogP contribution is -2.14. The van der Waals surface area contributed by atoms with Gasteiger partial charge in [-0.25, -0.2) is 4.98 Å². The molecule has 112 valence electrons. The van der Waals surface area contributed by atoms with Crippen LogP contribution in [0.15, 0.2) is 24.7 Å². The minimum atomic E-state index is 0.361. The van der Waals surface area contributed by atoms with Gasteiger partial charge in [0, 0.05) is 18.7 Å². The van der Waals surface area contributed by atoms with Gasteiger partial charge in [0.25, 0.3) is 0 Å². The normalized spacial score (nSPS) is 17.5. The quantitative estimate of drug-likeness (QED) is 0.876. The number of ether oxygens (including phenoxy) is 1. The smallest absolute Gasteiger partial charge is 0.142 e. The monoisotopic (exact) mass is 285 g/mol. The summed E-state index contributed by atoms with van der Waals surface area (Å²) >= 11 is 0. The fraction of sp³-hybridized carbons (Fsp3) is 0.471. The molecule has 0 saturated heterocycles. The Bertz CT molecular complexity index is 633. The number of rotatable bonds is 4. The number of anilines is 1. The summed E-state index contributed by atoms with van der Waals surface area (Å²) in [5.74, 6) is 1.14. The summed E-state index contributed by atoms with van der Waals surface area (Å²) < 4.78 is 7.52. The molecule has 0 fully saturated rings. The third kappa shape index (κ3) is 2.50. The number of imidazole rings is 1. The van der Waals surface area contributed by atoms with Gasteiger partial charge in [0.15, 0.2) is 0 Å². The molecule has 0 bridgehead atoms. The van der Waals surface area contributed by atoms with Crippen LogP contribution in [-0.4, -0.2) is 16.7 Å². The highest BCUT2D eigenvalue weighted by molar-refractivity contribution is 5.63. The van der Waals surface area contributed by atoms with Gasteiger partial charge in [0.1, 0.15) is 5.75 Å². The molecule has 21 heavy (non-hydrogen) atoms. The van der Waals surface area contributed by atoms with Crippen LogP contribution in [0.2, 0.25) is 0 Å². The van der Waals surface area contributed by atoms with Crippen molar-refractivity contribution < 1.29 is 4.74 Å². The average Bonchev–Trinajstić information content (AvgIpc) is 2.96. The van der Waals surface area contributed by atoms with Gasteiger partial charge in [-0.1, -0.05) is 13.0 Å². The van der Waals surface area contributed by atoms with Gasteiger partial charge in [-0.15, -0.1) is 0 Å². The van der Waals surface area contributed by atoms with Crippen LogP contribution in [0.4, 0.5) is 5.69 Å². The van der Waals surface area contributed by atoms with E-state index < -0.39 is 0 Å². The molecule has 3 rings (SSSR count). The number of hydrogen-bond acceptors (Lipinski definition) is 3. The summed E-state index contributed by atoms with van der Waals surface area (Å²) in [7, 11) is 1.67. The second-order valence-corrected chi connectivity index (χ2v) is 5.73. The van der Waals surface area contributed by atoms with E-state index in [1.54, 1.807) is 7.11 Å². The third-order valence-electron chi connectivity index (χ3n) is 4.36. The Labute approximate surface area is 125 Å². The first-order chi connectivity index (χ1) is 10.2. The Morgan fingerprint density at radius 1 is 1.43 bits per heavy atom. The first-order valence-electron chi connectivity index (χ1n) is 7.71. The van der Waals surface area contributed by atoms with Gasteiger partial charge in [0.05, 0.1) is 24.8 Å². The number of benzene rings is 1.